The number of ether oxygens (including phenoxy) is 1. The molecular formula is C16H24N2O2. The molecule has 1 heterocycles. The summed E-state index contributed by atoms with van der Waals surface area (Å²) in [5.41, 5.74) is 8.50. The van der Waals surface area contributed by atoms with Gasteiger partial charge in [-0.15, -0.1) is 0 Å². The van der Waals surface area contributed by atoms with Gasteiger partial charge in [-0.1, -0.05) is 31.5 Å². The molecule has 1 aromatic carbocycles. The van der Waals surface area contributed by atoms with Crippen LogP contribution < -0.4 is 10.6 Å². The number of nitrogens with zero attached hydrogens (tertiary/aromatic N) is 1. The van der Waals surface area contributed by atoms with Gasteiger partial charge in [0, 0.05) is 18.3 Å². The SMILES string of the molecule is CCCC(C(=O)OCC)N1CC(N)Cc2ccccc21. The summed E-state index contributed by atoms with van der Waals surface area (Å²) in [6.07, 6.45) is 2.60. The van der Waals surface area contributed by atoms with Gasteiger partial charge in [0.1, 0.15) is 6.04 Å². The van der Waals surface area contributed by atoms with E-state index < -0.39 is 0 Å². The topological polar surface area (TPSA) is 55.6 Å². The van der Waals surface area contributed by atoms with E-state index in [4.69, 9.17) is 10.5 Å². The van der Waals surface area contributed by atoms with E-state index in [1.165, 1.54) is 5.56 Å². The van der Waals surface area contributed by atoms with Crippen LogP contribution in [-0.2, 0) is 16.0 Å². The molecule has 110 valence electrons. The molecule has 0 bridgehead atoms. The summed E-state index contributed by atoms with van der Waals surface area (Å²) in [6.45, 7) is 5.06. The Kier molecular flexibility index (Phi) is 5.01. The number of para-hydroxylation sites is 1. The molecule has 0 radical (unpaired) electrons. The Bertz CT molecular complexity index is 462. The number of carbonyl (C=O) groups is 1. The van der Waals surface area contributed by atoms with Gasteiger partial charge >= 0.3 is 5.97 Å². The summed E-state index contributed by atoms with van der Waals surface area (Å²) >= 11 is 0. The van der Waals surface area contributed by atoms with Crippen LogP contribution in [0, 0.1) is 0 Å². The molecule has 1 aromatic rings. The number of benzene rings is 1. The lowest BCUT2D eigenvalue weighted by Crippen LogP contribution is -2.51. The van der Waals surface area contributed by atoms with Gasteiger partial charge < -0.3 is 15.4 Å². The monoisotopic (exact) mass is 276 g/mol. The summed E-state index contributed by atoms with van der Waals surface area (Å²) in [5, 5.41) is 0. The third kappa shape index (κ3) is 3.12. The summed E-state index contributed by atoms with van der Waals surface area (Å²) in [4.78, 5) is 14.4. The minimum absolute atomic E-state index is 0.0682. The first-order valence-corrected chi connectivity index (χ1v) is 7.44. The van der Waals surface area contributed by atoms with Crippen LogP contribution in [0.15, 0.2) is 24.3 Å². The number of nitrogens with two attached hydrogens (primary N) is 1. The minimum atomic E-state index is -0.229. The fourth-order valence-corrected chi connectivity index (χ4v) is 2.87. The van der Waals surface area contributed by atoms with Crippen molar-refractivity contribution >= 4 is 11.7 Å². The van der Waals surface area contributed by atoms with Crippen LogP contribution in [0.4, 0.5) is 5.69 Å². The van der Waals surface area contributed by atoms with E-state index in [1.807, 2.05) is 19.1 Å². The van der Waals surface area contributed by atoms with Crippen LogP contribution in [0.3, 0.4) is 0 Å². The lowest BCUT2D eigenvalue weighted by atomic mass is 9.96. The van der Waals surface area contributed by atoms with E-state index in [0.29, 0.717) is 13.2 Å². The Morgan fingerprint density at radius 3 is 2.90 bits per heavy atom. The lowest BCUT2D eigenvalue weighted by Gasteiger charge is -2.39. The predicted octanol–water partition coefficient (Wildman–Crippen LogP) is 2.11. The molecule has 1 aliphatic heterocycles. The van der Waals surface area contributed by atoms with Crippen LogP contribution in [-0.4, -0.2) is 31.2 Å². The molecule has 2 rings (SSSR count). The zero-order valence-corrected chi connectivity index (χ0v) is 12.3. The highest BCUT2D eigenvalue weighted by molar-refractivity contribution is 5.81. The van der Waals surface area contributed by atoms with E-state index in [0.717, 1.165) is 24.9 Å². The maximum atomic E-state index is 12.2. The number of hydrogen-bond donors (Lipinski definition) is 1. The number of carbonyl (C=O) groups excluding carboxylic acids is 1. The van der Waals surface area contributed by atoms with Crippen molar-refractivity contribution in [3.63, 3.8) is 0 Å². The van der Waals surface area contributed by atoms with E-state index in [1.54, 1.807) is 0 Å². The average molecular weight is 276 g/mol. The Hall–Kier alpha value is -1.55. The van der Waals surface area contributed by atoms with Crippen LogP contribution in [0.5, 0.6) is 0 Å². The number of rotatable bonds is 5. The summed E-state index contributed by atoms with van der Waals surface area (Å²) < 4.78 is 5.24. The van der Waals surface area contributed by atoms with Gasteiger partial charge in [-0.3, -0.25) is 0 Å². The van der Waals surface area contributed by atoms with Crippen molar-refractivity contribution in [2.45, 2.75) is 45.2 Å². The van der Waals surface area contributed by atoms with E-state index >= 15 is 0 Å². The molecule has 0 aliphatic carbocycles. The molecule has 0 fully saturated rings. The first kappa shape index (κ1) is 14.9. The molecule has 0 aromatic heterocycles. The first-order valence-electron chi connectivity index (χ1n) is 7.44. The molecule has 0 saturated heterocycles. The van der Waals surface area contributed by atoms with Crippen molar-refractivity contribution in [3.8, 4) is 0 Å². The molecule has 0 amide bonds. The summed E-state index contributed by atoms with van der Waals surface area (Å²) in [6, 6.07) is 8.04. The van der Waals surface area contributed by atoms with Gasteiger partial charge in [-0.2, -0.15) is 0 Å². The second-order valence-electron chi connectivity index (χ2n) is 5.30. The maximum Gasteiger partial charge on any atom is 0.328 e. The van der Waals surface area contributed by atoms with Crippen molar-refractivity contribution < 1.29 is 9.53 Å². The van der Waals surface area contributed by atoms with Crippen molar-refractivity contribution in [1.29, 1.82) is 0 Å². The molecule has 1 aliphatic rings. The number of esters is 1. The number of anilines is 1. The van der Waals surface area contributed by atoms with Crippen molar-refractivity contribution in [1.82, 2.24) is 0 Å². The fraction of sp³-hybridized carbons (Fsp3) is 0.562. The van der Waals surface area contributed by atoms with Crippen LogP contribution in [0.1, 0.15) is 32.3 Å². The van der Waals surface area contributed by atoms with Gasteiger partial charge in [0.2, 0.25) is 0 Å². The van der Waals surface area contributed by atoms with Crippen molar-refractivity contribution in [2.75, 3.05) is 18.1 Å². The number of fused-ring (bicyclic) bond motifs is 1. The second-order valence-corrected chi connectivity index (χ2v) is 5.30. The van der Waals surface area contributed by atoms with Gasteiger partial charge in [-0.05, 0) is 31.4 Å². The number of hydrogen-bond acceptors (Lipinski definition) is 4. The quantitative estimate of drug-likeness (QED) is 0.837. The van der Waals surface area contributed by atoms with Crippen molar-refractivity contribution in [2.24, 2.45) is 5.73 Å². The zero-order valence-electron chi connectivity index (χ0n) is 12.3. The molecule has 2 atom stereocenters. The molecule has 2 N–H and O–H groups in total. The summed E-state index contributed by atoms with van der Waals surface area (Å²) in [7, 11) is 0. The first-order chi connectivity index (χ1) is 9.67. The van der Waals surface area contributed by atoms with Gasteiger partial charge in [0.05, 0.1) is 6.61 Å². The fourth-order valence-electron chi connectivity index (χ4n) is 2.87. The highest BCUT2D eigenvalue weighted by atomic mass is 16.5. The molecule has 0 spiro atoms. The molecule has 2 unspecified atom stereocenters. The van der Waals surface area contributed by atoms with Crippen LogP contribution in [0.2, 0.25) is 0 Å². The minimum Gasteiger partial charge on any atom is -0.464 e. The summed E-state index contributed by atoms with van der Waals surface area (Å²) in [5.74, 6) is -0.141. The normalized spacial score (nSPS) is 19.4. The molecular weight excluding hydrogens is 252 g/mol. The average Bonchev–Trinajstić information content (AvgIpc) is 2.44. The highest BCUT2D eigenvalue weighted by Gasteiger charge is 2.32. The Morgan fingerprint density at radius 2 is 2.20 bits per heavy atom. The molecule has 20 heavy (non-hydrogen) atoms. The van der Waals surface area contributed by atoms with Gasteiger partial charge in [0.15, 0.2) is 0 Å². The second kappa shape index (κ2) is 6.75. The molecule has 0 saturated carbocycles. The Labute approximate surface area is 120 Å². The van der Waals surface area contributed by atoms with Gasteiger partial charge in [-0.25, -0.2) is 4.79 Å². The maximum absolute atomic E-state index is 12.2. The van der Waals surface area contributed by atoms with E-state index in [9.17, 15) is 4.79 Å². The predicted molar refractivity (Wildman–Crippen MR) is 80.8 cm³/mol. The third-order valence-corrected chi connectivity index (χ3v) is 3.71. The largest absolute Gasteiger partial charge is 0.464 e. The molecule has 4 heteroatoms. The standard InChI is InChI=1S/C16H24N2O2/c1-3-7-15(16(19)20-4-2)18-11-13(17)10-12-8-5-6-9-14(12)18/h5-6,8-9,13,15H,3-4,7,10-11,17H2,1-2H3. The van der Waals surface area contributed by atoms with Crippen LogP contribution >= 0.6 is 0 Å². The highest BCUT2D eigenvalue weighted by Crippen LogP contribution is 2.29. The van der Waals surface area contributed by atoms with E-state index in [2.05, 4.69) is 24.0 Å². The zero-order chi connectivity index (χ0) is 14.5. The molecule has 4 nitrogen and oxygen atoms in total. The third-order valence-electron chi connectivity index (χ3n) is 3.71. The van der Waals surface area contributed by atoms with Gasteiger partial charge in [0.25, 0.3) is 0 Å². The Balaban J connectivity index is 2.30. The Morgan fingerprint density at radius 1 is 1.45 bits per heavy atom. The van der Waals surface area contributed by atoms with E-state index in [-0.39, 0.29) is 18.1 Å². The van der Waals surface area contributed by atoms with Crippen molar-refractivity contribution in [3.05, 3.63) is 29.8 Å². The van der Waals surface area contributed by atoms with Crippen LogP contribution in [0.25, 0.3) is 0 Å². The lowest BCUT2D eigenvalue weighted by molar-refractivity contribution is -0.145. The smallest absolute Gasteiger partial charge is 0.328 e.